The summed E-state index contributed by atoms with van der Waals surface area (Å²) in [5.41, 5.74) is 1.08. The van der Waals surface area contributed by atoms with E-state index in [-0.39, 0.29) is 11.5 Å². The average Bonchev–Trinajstić information content (AvgIpc) is 2.42. The van der Waals surface area contributed by atoms with E-state index in [9.17, 15) is 9.18 Å². The SMILES string of the molecule is CN(Cc1ccccc1)C(=O)c1cc(Br)ccc1F. The molecule has 0 radical (unpaired) electrons. The van der Waals surface area contributed by atoms with E-state index in [1.54, 1.807) is 13.1 Å². The number of hydrogen-bond acceptors (Lipinski definition) is 1. The molecule has 98 valence electrons. The topological polar surface area (TPSA) is 20.3 Å². The van der Waals surface area contributed by atoms with E-state index in [0.29, 0.717) is 11.0 Å². The molecule has 0 N–H and O–H groups in total. The highest BCUT2D eigenvalue weighted by Gasteiger charge is 2.16. The molecule has 0 aromatic heterocycles. The summed E-state index contributed by atoms with van der Waals surface area (Å²) in [6, 6.07) is 14.0. The molecule has 0 aliphatic carbocycles. The van der Waals surface area contributed by atoms with E-state index in [2.05, 4.69) is 15.9 Å². The van der Waals surface area contributed by atoms with Gasteiger partial charge in [-0.25, -0.2) is 4.39 Å². The van der Waals surface area contributed by atoms with Crippen molar-refractivity contribution in [1.29, 1.82) is 0 Å². The molecule has 0 heterocycles. The molecule has 0 unspecified atom stereocenters. The number of amides is 1. The first-order chi connectivity index (χ1) is 9.08. The standard InChI is InChI=1S/C15H13BrFNO/c1-18(10-11-5-3-2-4-6-11)15(19)13-9-12(16)7-8-14(13)17/h2-9H,10H2,1H3. The van der Waals surface area contributed by atoms with Crippen LogP contribution >= 0.6 is 15.9 Å². The summed E-state index contributed by atoms with van der Waals surface area (Å²) in [7, 11) is 1.66. The van der Waals surface area contributed by atoms with Gasteiger partial charge in [0.25, 0.3) is 5.91 Å². The van der Waals surface area contributed by atoms with Gasteiger partial charge in [0.15, 0.2) is 0 Å². The van der Waals surface area contributed by atoms with Crippen LogP contribution in [0.4, 0.5) is 4.39 Å². The summed E-state index contributed by atoms with van der Waals surface area (Å²) < 4.78 is 14.3. The second-order valence-corrected chi connectivity index (χ2v) is 5.19. The second-order valence-electron chi connectivity index (χ2n) is 4.27. The molecule has 2 aromatic carbocycles. The van der Waals surface area contributed by atoms with Gasteiger partial charge in [0.1, 0.15) is 5.82 Å². The van der Waals surface area contributed by atoms with Gasteiger partial charge in [0.05, 0.1) is 5.56 Å². The van der Waals surface area contributed by atoms with Crippen LogP contribution in [0.1, 0.15) is 15.9 Å². The number of hydrogen-bond donors (Lipinski definition) is 0. The summed E-state index contributed by atoms with van der Waals surface area (Å²) in [5, 5.41) is 0. The zero-order valence-corrected chi connectivity index (χ0v) is 12.0. The van der Waals surface area contributed by atoms with Crippen LogP contribution in [-0.4, -0.2) is 17.9 Å². The van der Waals surface area contributed by atoms with Gasteiger partial charge in [-0.1, -0.05) is 46.3 Å². The van der Waals surface area contributed by atoms with Crippen molar-refractivity contribution in [1.82, 2.24) is 4.90 Å². The van der Waals surface area contributed by atoms with Gasteiger partial charge >= 0.3 is 0 Å². The van der Waals surface area contributed by atoms with Crippen LogP contribution in [0, 0.1) is 5.82 Å². The minimum atomic E-state index is -0.506. The molecule has 2 nitrogen and oxygen atoms in total. The molecule has 4 heteroatoms. The molecular formula is C15H13BrFNO. The lowest BCUT2D eigenvalue weighted by Crippen LogP contribution is -2.27. The summed E-state index contributed by atoms with van der Waals surface area (Å²) >= 11 is 3.24. The number of rotatable bonds is 3. The van der Waals surface area contributed by atoms with Gasteiger partial charge < -0.3 is 4.90 Å². The van der Waals surface area contributed by atoms with Crippen LogP contribution in [0.15, 0.2) is 53.0 Å². The first-order valence-electron chi connectivity index (χ1n) is 5.82. The molecule has 19 heavy (non-hydrogen) atoms. The predicted octanol–water partition coefficient (Wildman–Crippen LogP) is 3.86. The Kier molecular flexibility index (Phi) is 4.32. The Hall–Kier alpha value is -1.68. The molecule has 0 aliphatic rings. The van der Waals surface area contributed by atoms with Crippen LogP contribution < -0.4 is 0 Å². The zero-order chi connectivity index (χ0) is 13.8. The minimum Gasteiger partial charge on any atom is -0.337 e. The van der Waals surface area contributed by atoms with E-state index >= 15 is 0 Å². The minimum absolute atomic E-state index is 0.0767. The maximum atomic E-state index is 13.7. The van der Waals surface area contributed by atoms with Crippen molar-refractivity contribution in [3.05, 3.63) is 69.9 Å². The van der Waals surface area contributed by atoms with Crippen LogP contribution in [0.3, 0.4) is 0 Å². The van der Waals surface area contributed by atoms with Gasteiger partial charge in [0, 0.05) is 18.1 Å². The highest BCUT2D eigenvalue weighted by molar-refractivity contribution is 9.10. The number of nitrogens with zero attached hydrogens (tertiary/aromatic N) is 1. The van der Waals surface area contributed by atoms with Gasteiger partial charge in [-0.2, -0.15) is 0 Å². The third-order valence-electron chi connectivity index (χ3n) is 2.77. The lowest BCUT2D eigenvalue weighted by molar-refractivity contribution is 0.0780. The fourth-order valence-electron chi connectivity index (χ4n) is 1.80. The second kappa shape index (κ2) is 5.97. The van der Waals surface area contributed by atoms with Crippen molar-refractivity contribution in [3.63, 3.8) is 0 Å². The number of carbonyl (C=O) groups is 1. The first-order valence-corrected chi connectivity index (χ1v) is 6.61. The molecule has 0 bridgehead atoms. The fraction of sp³-hybridized carbons (Fsp3) is 0.133. The Morgan fingerprint density at radius 1 is 1.21 bits per heavy atom. The highest BCUT2D eigenvalue weighted by atomic mass is 79.9. The molecule has 0 saturated heterocycles. The first kappa shape index (κ1) is 13.7. The quantitative estimate of drug-likeness (QED) is 0.840. The van der Waals surface area contributed by atoms with Gasteiger partial charge in [0.2, 0.25) is 0 Å². The molecule has 0 fully saturated rings. The maximum Gasteiger partial charge on any atom is 0.256 e. The molecule has 2 aromatic rings. The van der Waals surface area contributed by atoms with Crippen molar-refractivity contribution >= 4 is 21.8 Å². The van der Waals surface area contributed by atoms with Crippen molar-refractivity contribution < 1.29 is 9.18 Å². The van der Waals surface area contributed by atoms with Gasteiger partial charge in [-0.15, -0.1) is 0 Å². The van der Waals surface area contributed by atoms with Crippen LogP contribution in [0.2, 0.25) is 0 Å². The zero-order valence-electron chi connectivity index (χ0n) is 10.4. The molecular weight excluding hydrogens is 309 g/mol. The predicted molar refractivity (Wildman–Crippen MR) is 76.3 cm³/mol. The molecule has 1 amide bonds. The fourth-order valence-corrected chi connectivity index (χ4v) is 2.16. The third kappa shape index (κ3) is 3.41. The Balaban J connectivity index is 2.17. The van der Waals surface area contributed by atoms with Crippen molar-refractivity contribution in [2.45, 2.75) is 6.54 Å². The van der Waals surface area contributed by atoms with Crippen molar-refractivity contribution in [2.24, 2.45) is 0 Å². The molecule has 0 saturated carbocycles. The summed E-state index contributed by atoms with van der Waals surface area (Å²) in [4.78, 5) is 13.7. The lowest BCUT2D eigenvalue weighted by Gasteiger charge is -2.17. The van der Waals surface area contributed by atoms with E-state index in [1.165, 1.54) is 17.0 Å². The van der Waals surface area contributed by atoms with Crippen molar-refractivity contribution in [3.8, 4) is 0 Å². The number of halogens is 2. The molecule has 0 aliphatic heterocycles. The lowest BCUT2D eigenvalue weighted by atomic mass is 10.1. The molecule has 0 spiro atoms. The molecule has 0 atom stereocenters. The van der Waals surface area contributed by atoms with Gasteiger partial charge in [-0.3, -0.25) is 4.79 Å². The van der Waals surface area contributed by atoms with E-state index in [0.717, 1.165) is 5.56 Å². The summed E-state index contributed by atoms with van der Waals surface area (Å²) in [5.74, 6) is -0.837. The molecule has 2 rings (SSSR count). The van der Waals surface area contributed by atoms with E-state index < -0.39 is 5.82 Å². The Morgan fingerprint density at radius 2 is 1.89 bits per heavy atom. The van der Waals surface area contributed by atoms with E-state index in [1.807, 2.05) is 30.3 Å². The summed E-state index contributed by atoms with van der Waals surface area (Å²) in [6.07, 6.45) is 0. The Morgan fingerprint density at radius 3 is 2.58 bits per heavy atom. The maximum absolute atomic E-state index is 13.7. The monoisotopic (exact) mass is 321 g/mol. The van der Waals surface area contributed by atoms with Gasteiger partial charge in [-0.05, 0) is 23.8 Å². The normalized spacial score (nSPS) is 10.3. The summed E-state index contributed by atoms with van der Waals surface area (Å²) in [6.45, 7) is 0.450. The highest BCUT2D eigenvalue weighted by Crippen LogP contribution is 2.17. The smallest absolute Gasteiger partial charge is 0.256 e. The number of benzene rings is 2. The largest absolute Gasteiger partial charge is 0.337 e. The van der Waals surface area contributed by atoms with Crippen LogP contribution in [0.5, 0.6) is 0 Å². The van der Waals surface area contributed by atoms with E-state index in [4.69, 9.17) is 0 Å². The van der Waals surface area contributed by atoms with Crippen LogP contribution in [0.25, 0.3) is 0 Å². The average molecular weight is 322 g/mol. The third-order valence-corrected chi connectivity index (χ3v) is 3.26. The Bertz CT molecular complexity index is 586. The Labute approximate surface area is 120 Å². The number of carbonyl (C=O) groups excluding carboxylic acids is 1. The van der Waals surface area contributed by atoms with Crippen LogP contribution in [-0.2, 0) is 6.54 Å². The van der Waals surface area contributed by atoms with Crippen molar-refractivity contribution in [2.75, 3.05) is 7.05 Å².